The number of aromatic nitrogens is 2. The summed E-state index contributed by atoms with van der Waals surface area (Å²) in [4.78, 5) is 7.36. The first-order valence-corrected chi connectivity index (χ1v) is 9.03. The molecule has 3 aromatic rings. The highest BCUT2D eigenvalue weighted by Crippen LogP contribution is 2.33. The fourth-order valence-electron chi connectivity index (χ4n) is 2.11. The molecular formula is C18H10ClF5N2OS. The van der Waals surface area contributed by atoms with Gasteiger partial charge in [0.05, 0.1) is 0 Å². The highest BCUT2D eigenvalue weighted by molar-refractivity contribution is 7.98. The largest absolute Gasteiger partial charge is 0.436 e. The summed E-state index contributed by atoms with van der Waals surface area (Å²) >= 11 is 6.81. The van der Waals surface area contributed by atoms with E-state index >= 15 is 0 Å². The van der Waals surface area contributed by atoms with Crippen LogP contribution in [0.25, 0.3) is 0 Å². The molecule has 1 heterocycles. The fraction of sp³-hybridized carbons (Fsp3) is 0.111. The zero-order chi connectivity index (χ0) is 20.3. The summed E-state index contributed by atoms with van der Waals surface area (Å²) < 4.78 is 71.2. The molecule has 10 heteroatoms. The molecule has 0 amide bonds. The van der Waals surface area contributed by atoms with Gasteiger partial charge in [0.25, 0.3) is 0 Å². The molecule has 0 saturated heterocycles. The first kappa shape index (κ1) is 20.3. The summed E-state index contributed by atoms with van der Waals surface area (Å²) in [5.74, 6) is -2.63. The molecule has 1 aromatic heterocycles. The summed E-state index contributed by atoms with van der Waals surface area (Å²) in [6, 6.07) is 9.75. The number of rotatable bonds is 5. The number of nitrogens with zero attached hydrogens (tertiary/aromatic N) is 2. The third-order valence-corrected chi connectivity index (χ3v) is 4.49. The SMILES string of the molecule is Fc1ccc(Oc2cc(C(F)(F)F)nc(SCc3cccc(Cl)c3)n2)c(F)c1. The normalized spacial score (nSPS) is 11.5. The highest BCUT2D eigenvalue weighted by Gasteiger charge is 2.34. The van der Waals surface area contributed by atoms with E-state index in [2.05, 4.69) is 9.97 Å². The maximum absolute atomic E-state index is 13.7. The molecule has 3 nitrogen and oxygen atoms in total. The Labute approximate surface area is 165 Å². The minimum atomic E-state index is -4.76. The van der Waals surface area contributed by atoms with Gasteiger partial charge in [0.15, 0.2) is 22.4 Å². The first-order chi connectivity index (χ1) is 13.2. The lowest BCUT2D eigenvalue weighted by Gasteiger charge is -2.11. The summed E-state index contributed by atoms with van der Waals surface area (Å²) in [5.41, 5.74) is -0.487. The maximum Gasteiger partial charge on any atom is 0.433 e. The van der Waals surface area contributed by atoms with Crippen LogP contribution in [0.2, 0.25) is 5.02 Å². The first-order valence-electron chi connectivity index (χ1n) is 7.67. The molecule has 146 valence electrons. The van der Waals surface area contributed by atoms with Crippen LogP contribution in [0.1, 0.15) is 11.3 Å². The van der Waals surface area contributed by atoms with Gasteiger partial charge < -0.3 is 4.74 Å². The third kappa shape index (κ3) is 5.32. The van der Waals surface area contributed by atoms with Gasteiger partial charge in [-0.15, -0.1) is 0 Å². The molecule has 3 rings (SSSR count). The predicted octanol–water partition coefficient (Wildman–Crippen LogP) is 6.51. The lowest BCUT2D eigenvalue weighted by atomic mass is 10.2. The number of halogens is 6. The van der Waals surface area contributed by atoms with Gasteiger partial charge in [-0.05, 0) is 29.8 Å². The van der Waals surface area contributed by atoms with E-state index < -0.39 is 35.1 Å². The zero-order valence-electron chi connectivity index (χ0n) is 13.8. The summed E-state index contributed by atoms with van der Waals surface area (Å²) in [5, 5.41) is 0.270. The molecular weight excluding hydrogens is 423 g/mol. The van der Waals surface area contributed by atoms with E-state index in [0.717, 1.165) is 29.5 Å². The van der Waals surface area contributed by atoms with Crippen LogP contribution >= 0.6 is 23.4 Å². The number of benzene rings is 2. The van der Waals surface area contributed by atoms with Gasteiger partial charge in [0.2, 0.25) is 5.88 Å². The van der Waals surface area contributed by atoms with Gasteiger partial charge >= 0.3 is 6.18 Å². The Bertz CT molecular complexity index is 1000. The third-order valence-electron chi connectivity index (χ3n) is 3.34. The van der Waals surface area contributed by atoms with Crippen LogP contribution in [0.5, 0.6) is 11.6 Å². The van der Waals surface area contributed by atoms with Crippen molar-refractivity contribution in [3.05, 3.63) is 76.4 Å². The molecule has 0 fully saturated rings. The van der Waals surface area contributed by atoms with E-state index in [9.17, 15) is 22.0 Å². The van der Waals surface area contributed by atoms with Crippen molar-refractivity contribution >= 4 is 23.4 Å². The second kappa shape index (κ2) is 8.32. The average Bonchev–Trinajstić information content (AvgIpc) is 2.62. The Morgan fingerprint density at radius 1 is 1.00 bits per heavy atom. The number of hydrogen-bond donors (Lipinski definition) is 0. The van der Waals surface area contributed by atoms with Crippen LogP contribution in [0.3, 0.4) is 0 Å². The van der Waals surface area contributed by atoms with Gasteiger partial charge in [-0.2, -0.15) is 18.2 Å². The smallest absolute Gasteiger partial charge is 0.433 e. The van der Waals surface area contributed by atoms with Gasteiger partial charge in [-0.25, -0.2) is 13.8 Å². The van der Waals surface area contributed by atoms with Crippen molar-refractivity contribution in [1.82, 2.24) is 9.97 Å². The second-order valence-electron chi connectivity index (χ2n) is 5.47. The molecule has 0 N–H and O–H groups in total. The van der Waals surface area contributed by atoms with Crippen LogP contribution in [0.4, 0.5) is 22.0 Å². The van der Waals surface area contributed by atoms with Crippen molar-refractivity contribution in [2.75, 3.05) is 0 Å². The monoisotopic (exact) mass is 432 g/mol. The molecule has 0 radical (unpaired) electrons. The summed E-state index contributed by atoms with van der Waals surface area (Å²) in [6.45, 7) is 0. The molecule has 0 saturated carbocycles. The predicted molar refractivity (Wildman–Crippen MR) is 94.5 cm³/mol. The van der Waals surface area contributed by atoms with Crippen molar-refractivity contribution in [3.8, 4) is 11.6 Å². The summed E-state index contributed by atoms with van der Waals surface area (Å²) in [7, 11) is 0. The average molecular weight is 433 g/mol. The lowest BCUT2D eigenvalue weighted by Crippen LogP contribution is -2.10. The van der Waals surface area contributed by atoms with E-state index in [1.54, 1.807) is 24.3 Å². The maximum atomic E-state index is 13.7. The molecule has 0 atom stereocenters. The Balaban J connectivity index is 1.88. The Hall–Kier alpha value is -2.39. The molecule has 0 unspecified atom stereocenters. The molecule has 28 heavy (non-hydrogen) atoms. The van der Waals surface area contributed by atoms with E-state index in [-0.39, 0.29) is 10.9 Å². The van der Waals surface area contributed by atoms with Gasteiger partial charge in [0, 0.05) is 22.9 Å². The molecule has 0 aliphatic rings. The standard InChI is InChI=1S/C18H10ClF5N2OS/c19-11-3-1-2-10(6-11)9-28-17-25-15(18(22,23)24)8-16(26-17)27-14-5-4-12(20)7-13(14)21/h1-8H,9H2. The molecule has 0 aliphatic carbocycles. The summed E-state index contributed by atoms with van der Waals surface area (Å²) in [6.07, 6.45) is -4.76. The van der Waals surface area contributed by atoms with E-state index in [1.807, 2.05) is 0 Å². The van der Waals surface area contributed by atoms with E-state index in [4.69, 9.17) is 16.3 Å². The Morgan fingerprint density at radius 3 is 2.46 bits per heavy atom. The van der Waals surface area contributed by atoms with Crippen molar-refractivity contribution < 1.29 is 26.7 Å². The number of alkyl halides is 3. The van der Waals surface area contributed by atoms with E-state index in [1.165, 1.54) is 0 Å². The van der Waals surface area contributed by atoms with Crippen molar-refractivity contribution in [1.29, 1.82) is 0 Å². The molecule has 0 aliphatic heterocycles. The quantitative estimate of drug-likeness (QED) is 0.261. The highest BCUT2D eigenvalue weighted by atomic mass is 35.5. The van der Waals surface area contributed by atoms with Crippen molar-refractivity contribution in [2.45, 2.75) is 17.1 Å². The fourth-order valence-corrected chi connectivity index (χ4v) is 3.12. The van der Waals surface area contributed by atoms with Gasteiger partial charge in [-0.1, -0.05) is 35.5 Å². The second-order valence-corrected chi connectivity index (χ2v) is 6.85. The van der Waals surface area contributed by atoms with Crippen LogP contribution in [-0.2, 0) is 11.9 Å². The number of hydrogen-bond acceptors (Lipinski definition) is 4. The lowest BCUT2D eigenvalue weighted by molar-refractivity contribution is -0.141. The van der Waals surface area contributed by atoms with Crippen LogP contribution in [-0.4, -0.2) is 9.97 Å². The molecule has 2 aromatic carbocycles. The van der Waals surface area contributed by atoms with Crippen molar-refractivity contribution in [3.63, 3.8) is 0 Å². The Morgan fingerprint density at radius 2 is 1.79 bits per heavy atom. The topological polar surface area (TPSA) is 35.0 Å². The zero-order valence-corrected chi connectivity index (χ0v) is 15.4. The Kier molecular flexibility index (Phi) is 6.04. The number of thioether (sulfide) groups is 1. The van der Waals surface area contributed by atoms with Crippen LogP contribution in [0, 0.1) is 11.6 Å². The molecule has 0 spiro atoms. The van der Waals surface area contributed by atoms with Crippen LogP contribution in [0.15, 0.2) is 53.7 Å². The minimum absolute atomic E-state index is 0.215. The minimum Gasteiger partial charge on any atom is -0.436 e. The number of ether oxygens (including phenoxy) is 1. The van der Waals surface area contributed by atoms with Gasteiger partial charge in [-0.3, -0.25) is 0 Å². The van der Waals surface area contributed by atoms with Gasteiger partial charge in [0.1, 0.15) is 5.82 Å². The molecule has 0 bridgehead atoms. The van der Waals surface area contributed by atoms with Crippen LogP contribution < -0.4 is 4.74 Å². The van der Waals surface area contributed by atoms with Crippen molar-refractivity contribution in [2.24, 2.45) is 0 Å². The van der Waals surface area contributed by atoms with E-state index in [0.29, 0.717) is 17.2 Å².